The van der Waals surface area contributed by atoms with Gasteiger partial charge in [0.15, 0.2) is 0 Å². The van der Waals surface area contributed by atoms with Gasteiger partial charge in [-0.25, -0.2) is 0 Å². The Balaban J connectivity index is 3.01. The van der Waals surface area contributed by atoms with Crippen molar-refractivity contribution in [3.63, 3.8) is 0 Å². The van der Waals surface area contributed by atoms with E-state index in [-0.39, 0.29) is 0 Å². The molecular formula is C9H7BrClN. The third-order valence-electron chi connectivity index (χ3n) is 1.20. The number of benzene rings is 1. The van der Waals surface area contributed by atoms with Crippen LogP contribution < -0.4 is 5.73 Å². The van der Waals surface area contributed by atoms with Gasteiger partial charge in [-0.2, -0.15) is 0 Å². The topological polar surface area (TPSA) is 26.0 Å². The predicted octanol–water partition coefficient (Wildman–Crippen LogP) is 2.41. The molecule has 62 valence electrons. The summed E-state index contributed by atoms with van der Waals surface area (Å²) in [7, 11) is 0. The van der Waals surface area contributed by atoms with E-state index in [2.05, 4.69) is 27.8 Å². The monoisotopic (exact) mass is 243 g/mol. The molecule has 1 aromatic rings. The summed E-state index contributed by atoms with van der Waals surface area (Å²) in [5.74, 6) is 5.65. The zero-order valence-electron chi connectivity index (χ0n) is 6.27. The predicted molar refractivity (Wildman–Crippen MR) is 55.1 cm³/mol. The average molecular weight is 245 g/mol. The van der Waals surface area contributed by atoms with Gasteiger partial charge in [0.2, 0.25) is 0 Å². The van der Waals surface area contributed by atoms with Crippen molar-refractivity contribution in [3.05, 3.63) is 33.3 Å². The van der Waals surface area contributed by atoms with Crippen LogP contribution in [0.4, 0.5) is 0 Å². The summed E-state index contributed by atoms with van der Waals surface area (Å²) in [6.45, 7) is 0.365. The lowest BCUT2D eigenvalue weighted by atomic mass is 10.2. The molecule has 12 heavy (non-hydrogen) atoms. The van der Waals surface area contributed by atoms with Crippen LogP contribution in [0.15, 0.2) is 22.7 Å². The van der Waals surface area contributed by atoms with E-state index in [1.165, 1.54) is 0 Å². The van der Waals surface area contributed by atoms with Crippen LogP contribution in [-0.2, 0) is 0 Å². The Morgan fingerprint density at radius 2 is 2.17 bits per heavy atom. The Kier molecular flexibility index (Phi) is 3.61. The summed E-state index contributed by atoms with van der Waals surface area (Å²) in [4.78, 5) is 0. The summed E-state index contributed by atoms with van der Waals surface area (Å²) in [5, 5.41) is 0.672. The summed E-state index contributed by atoms with van der Waals surface area (Å²) >= 11 is 9.12. The van der Waals surface area contributed by atoms with Crippen LogP contribution in [-0.4, -0.2) is 6.54 Å². The first-order chi connectivity index (χ1) is 5.72. The van der Waals surface area contributed by atoms with Crippen molar-refractivity contribution in [2.45, 2.75) is 0 Å². The van der Waals surface area contributed by atoms with Gasteiger partial charge in [0.1, 0.15) is 0 Å². The highest BCUT2D eigenvalue weighted by Crippen LogP contribution is 2.18. The molecule has 0 fully saturated rings. The molecule has 0 spiro atoms. The van der Waals surface area contributed by atoms with Crippen molar-refractivity contribution in [2.75, 3.05) is 6.54 Å². The molecule has 0 aliphatic heterocycles. The highest BCUT2D eigenvalue weighted by Gasteiger charge is 1.93. The molecule has 3 heteroatoms. The summed E-state index contributed by atoms with van der Waals surface area (Å²) in [5.41, 5.74) is 6.11. The molecule has 0 saturated heterocycles. The molecule has 1 aromatic carbocycles. The number of nitrogens with two attached hydrogens (primary N) is 1. The molecule has 0 aliphatic rings. The molecule has 0 amide bonds. The number of hydrogen-bond acceptors (Lipinski definition) is 1. The van der Waals surface area contributed by atoms with E-state index in [0.29, 0.717) is 11.6 Å². The van der Waals surface area contributed by atoms with Crippen molar-refractivity contribution >= 4 is 27.5 Å². The lowest BCUT2D eigenvalue weighted by Gasteiger charge is -1.94. The van der Waals surface area contributed by atoms with Gasteiger partial charge < -0.3 is 5.73 Å². The quantitative estimate of drug-likeness (QED) is 0.697. The molecule has 0 heterocycles. The van der Waals surface area contributed by atoms with Crippen LogP contribution in [0.2, 0.25) is 5.02 Å². The maximum atomic E-state index is 5.80. The Labute approximate surface area is 85.0 Å². The van der Waals surface area contributed by atoms with Crippen molar-refractivity contribution in [1.29, 1.82) is 0 Å². The smallest absolute Gasteiger partial charge is 0.0555 e. The fraction of sp³-hybridized carbons (Fsp3) is 0.111. The Morgan fingerprint density at radius 3 is 2.75 bits per heavy atom. The molecule has 0 unspecified atom stereocenters. The molecule has 0 bridgehead atoms. The highest BCUT2D eigenvalue weighted by atomic mass is 79.9. The zero-order valence-corrected chi connectivity index (χ0v) is 8.61. The van der Waals surface area contributed by atoms with E-state index < -0.39 is 0 Å². The van der Waals surface area contributed by atoms with Gasteiger partial charge in [-0.1, -0.05) is 39.4 Å². The van der Waals surface area contributed by atoms with E-state index in [1.54, 1.807) is 6.07 Å². The maximum Gasteiger partial charge on any atom is 0.0555 e. The van der Waals surface area contributed by atoms with Crippen molar-refractivity contribution in [3.8, 4) is 11.8 Å². The molecule has 1 rings (SSSR count). The average Bonchev–Trinajstić information content (AvgIpc) is 1.99. The van der Waals surface area contributed by atoms with Crippen LogP contribution in [0.1, 0.15) is 5.56 Å². The van der Waals surface area contributed by atoms with E-state index >= 15 is 0 Å². The molecular weight excluding hydrogens is 237 g/mol. The minimum atomic E-state index is 0.365. The molecule has 0 saturated carbocycles. The van der Waals surface area contributed by atoms with Crippen molar-refractivity contribution in [2.24, 2.45) is 5.73 Å². The van der Waals surface area contributed by atoms with Crippen LogP contribution in [0.5, 0.6) is 0 Å². The van der Waals surface area contributed by atoms with E-state index in [4.69, 9.17) is 17.3 Å². The fourth-order valence-electron chi connectivity index (χ4n) is 0.779. The van der Waals surface area contributed by atoms with Crippen LogP contribution in [0.3, 0.4) is 0 Å². The first kappa shape index (κ1) is 9.60. The molecule has 0 aliphatic carbocycles. The molecule has 0 aromatic heterocycles. The van der Waals surface area contributed by atoms with Gasteiger partial charge in [0, 0.05) is 15.1 Å². The normalized spacial score (nSPS) is 8.92. The fourth-order valence-corrected chi connectivity index (χ4v) is 1.64. The third-order valence-corrected chi connectivity index (χ3v) is 1.87. The minimum Gasteiger partial charge on any atom is -0.320 e. The number of hydrogen-bond donors (Lipinski definition) is 1. The van der Waals surface area contributed by atoms with Crippen LogP contribution >= 0.6 is 27.5 Å². The second-order valence-electron chi connectivity index (χ2n) is 2.16. The number of rotatable bonds is 0. The molecule has 0 radical (unpaired) electrons. The lowest BCUT2D eigenvalue weighted by molar-refractivity contribution is 1.30. The summed E-state index contributed by atoms with van der Waals surface area (Å²) < 4.78 is 0.927. The van der Waals surface area contributed by atoms with Gasteiger partial charge in [0.25, 0.3) is 0 Å². The van der Waals surface area contributed by atoms with Crippen molar-refractivity contribution < 1.29 is 0 Å². The van der Waals surface area contributed by atoms with E-state index in [1.807, 2.05) is 12.1 Å². The first-order valence-electron chi connectivity index (χ1n) is 3.37. The van der Waals surface area contributed by atoms with Gasteiger partial charge in [0.05, 0.1) is 6.54 Å². The van der Waals surface area contributed by atoms with Crippen LogP contribution in [0, 0.1) is 11.8 Å². The Morgan fingerprint density at radius 1 is 1.42 bits per heavy atom. The van der Waals surface area contributed by atoms with Gasteiger partial charge in [-0.05, 0) is 18.2 Å². The standard InChI is InChI=1S/C9H7BrClN/c10-8-4-7(2-1-3-12)5-9(11)6-8/h4-6H,3,12H2. The lowest BCUT2D eigenvalue weighted by Crippen LogP contribution is -1.92. The maximum absolute atomic E-state index is 5.80. The zero-order chi connectivity index (χ0) is 8.97. The van der Waals surface area contributed by atoms with E-state index in [0.717, 1.165) is 10.0 Å². The van der Waals surface area contributed by atoms with Gasteiger partial charge in [-0.3, -0.25) is 0 Å². The third kappa shape index (κ3) is 2.86. The second-order valence-corrected chi connectivity index (χ2v) is 3.52. The highest BCUT2D eigenvalue weighted by molar-refractivity contribution is 9.10. The molecule has 2 N–H and O–H groups in total. The molecule has 1 nitrogen and oxygen atoms in total. The largest absolute Gasteiger partial charge is 0.320 e. The summed E-state index contributed by atoms with van der Waals surface area (Å²) in [6, 6.07) is 5.51. The SMILES string of the molecule is NCC#Cc1cc(Cl)cc(Br)c1. The Hall–Kier alpha value is -0.490. The van der Waals surface area contributed by atoms with E-state index in [9.17, 15) is 0 Å². The van der Waals surface area contributed by atoms with Crippen LogP contribution in [0.25, 0.3) is 0 Å². The Bertz CT molecular complexity index is 318. The van der Waals surface area contributed by atoms with Gasteiger partial charge in [-0.15, -0.1) is 0 Å². The number of halogens is 2. The van der Waals surface area contributed by atoms with Gasteiger partial charge >= 0.3 is 0 Å². The minimum absolute atomic E-state index is 0.365. The second kappa shape index (κ2) is 4.51. The van der Waals surface area contributed by atoms with Crippen molar-refractivity contribution in [1.82, 2.24) is 0 Å². The molecule has 0 atom stereocenters. The first-order valence-corrected chi connectivity index (χ1v) is 4.54. The summed E-state index contributed by atoms with van der Waals surface area (Å²) in [6.07, 6.45) is 0.